The number of aryl methyl sites for hydroxylation is 3. The molecule has 2 N–H and O–H groups in total. The van der Waals surface area contributed by atoms with Gasteiger partial charge in [-0.15, -0.1) is 0 Å². The molecule has 0 aliphatic carbocycles. The first-order valence-corrected chi connectivity index (χ1v) is 11.0. The number of nitrogens with zero attached hydrogens (tertiary/aromatic N) is 2. The highest BCUT2D eigenvalue weighted by atomic mass is 127. The van der Waals surface area contributed by atoms with Gasteiger partial charge in [-0.3, -0.25) is 4.79 Å². The van der Waals surface area contributed by atoms with Gasteiger partial charge in [-0.1, -0.05) is 6.07 Å². The van der Waals surface area contributed by atoms with E-state index < -0.39 is 12.2 Å². The van der Waals surface area contributed by atoms with E-state index in [9.17, 15) is 9.90 Å². The Morgan fingerprint density at radius 2 is 2.03 bits per heavy atom. The molecule has 3 heterocycles. The minimum atomic E-state index is -0.834. The number of amides is 1. The maximum atomic E-state index is 12.5. The highest BCUT2D eigenvalue weighted by Gasteiger charge is 2.26. The molecular formula is C23H24IN3O3. The van der Waals surface area contributed by atoms with Crippen LogP contribution in [0.4, 0.5) is 0 Å². The third-order valence-corrected chi connectivity index (χ3v) is 6.06. The number of aliphatic hydroxyl groups excluding tert-OH is 1. The molecule has 0 radical (unpaired) electrons. The molecule has 30 heavy (non-hydrogen) atoms. The lowest BCUT2D eigenvalue weighted by atomic mass is 10.0. The number of hydrogen-bond acceptors (Lipinski definition) is 4. The van der Waals surface area contributed by atoms with Crippen molar-refractivity contribution in [1.82, 2.24) is 14.9 Å². The van der Waals surface area contributed by atoms with Crippen molar-refractivity contribution in [2.24, 2.45) is 0 Å². The summed E-state index contributed by atoms with van der Waals surface area (Å²) in [7, 11) is 0. The quantitative estimate of drug-likeness (QED) is 0.507. The van der Waals surface area contributed by atoms with Gasteiger partial charge < -0.3 is 19.7 Å². The summed E-state index contributed by atoms with van der Waals surface area (Å²) in [6.45, 7) is 4.17. The largest absolute Gasteiger partial charge is 0.480 e. The fraction of sp³-hybridized carbons (Fsp3) is 0.304. The number of nitrogens with one attached hydrogen (secondary N) is 1. The minimum absolute atomic E-state index is 0.112. The van der Waals surface area contributed by atoms with Crippen LogP contribution in [0, 0.1) is 17.4 Å². The number of hydrogen-bond donors (Lipinski definition) is 2. The van der Waals surface area contributed by atoms with Gasteiger partial charge in [-0.05, 0) is 91.2 Å². The Morgan fingerprint density at radius 1 is 1.27 bits per heavy atom. The Labute approximate surface area is 189 Å². The number of halogens is 1. The summed E-state index contributed by atoms with van der Waals surface area (Å²) in [5, 5.41) is 13.3. The van der Waals surface area contributed by atoms with Crippen molar-refractivity contribution in [2.45, 2.75) is 38.9 Å². The average Bonchev–Trinajstić information content (AvgIpc) is 3.09. The zero-order chi connectivity index (χ0) is 21.3. The molecule has 3 aromatic rings. The molecule has 1 aliphatic heterocycles. The van der Waals surface area contributed by atoms with Crippen molar-refractivity contribution < 1.29 is 14.6 Å². The smallest absolute Gasteiger partial charge is 0.261 e. The maximum Gasteiger partial charge on any atom is 0.261 e. The molecule has 0 fully saturated rings. The Balaban J connectivity index is 1.35. The molecule has 0 saturated heterocycles. The first-order chi connectivity index (χ1) is 14.4. The number of benzene rings is 1. The molecule has 1 aromatic carbocycles. The molecule has 1 amide bonds. The molecule has 1 aliphatic rings. The third-order valence-electron chi connectivity index (χ3n) is 5.39. The number of pyridine rings is 1. The van der Waals surface area contributed by atoms with Crippen LogP contribution in [0.1, 0.15) is 35.0 Å². The van der Waals surface area contributed by atoms with Crippen molar-refractivity contribution in [3.05, 3.63) is 74.7 Å². The number of aromatic nitrogens is 2. The van der Waals surface area contributed by atoms with Crippen molar-refractivity contribution in [3.8, 4) is 11.6 Å². The molecule has 4 rings (SSSR count). The summed E-state index contributed by atoms with van der Waals surface area (Å²) in [5.41, 5.74) is 3.99. The third kappa shape index (κ3) is 4.37. The summed E-state index contributed by atoms with van der Waals surface area (Å²) in [4.78, 5) is 17.0. The molecule has 0 spiro atoms. The molecule has 6 nitrogen and oxygen atoms in total. The van der Waals surface area contributed by atoms with E-state index >= 15 is 0 Å². The molecule has 2 aromatic heterocycles. The SMILES string of the molecule is Cc1ccc(C)n1-c1ccc([C@H](O)CNC(=O)[C@H]2CCc3cc(I)ccc3O2)cn1. The summed E-state index contributed by atoms with van der Waals surface area (Å²) >= 11 is 2.27. The lowest BCUT2D eigenvalue weighted by molar-refractivity contribution is -0.129. The van der Waals surface area contributed by atoms with E-state index in [1.54, 1.807) is 6.20 Å². The number of carbonyl (C=O) groups excluding carboxylic acids is 1. The molecule has 156 valence electrons. The van der Waals surface area contributed by atoms with Gasteiger partial charge in [-0.2, -0.15) is 0 Å². The van der Waals surface area contributed by atoms with Gasteiger partial charge in [0.05, 0.1) is 6.10 Å². The fourth-order valence-electron chi connectivity index (χ4n) is 3.73. The summed E-state index contributed by atoms with van der Waals surface area (Å²) in [5.74, 6) is 1.36. The second-order valence-corrected chi connectivity index (χ2v) is 8.81. The summed E-state index contributed by atoms with van der Waals surface area (Å²) in [6.07, 6.45) is 1.71. The van der Waals surface area contributed by atoms with Crippen LogP contribution in [0.5, 0.6) is 5.75 Å². The van der Waals surface area contributed by atoms with Crippen LogP contribution < -0.4 is 10.1 Å². The van der Waals surface area contributed by atoms with E-state index in [2.05, 4.69) is 43.5 Å². The topological polar surface area (TPSA) is 76.4 Å². The molecular weight excluding hydrogens is 493 g/mol. The van der Waals surface area contributed by atoms with Crippen LogP contribution in [-0.2, 0) is 11.2 Å². The van der Waals surface area contributed by atoms with Gasteiger partial charge in [0.1, 0.15) is 11.6 Å². The predicted octanol–water partition coefficient (Wildman–Crippen LogP) is 3.64. The van der Waals surface area contributed by atoms with Crippen LogP contribution in [-0.4, -0.2) is 33.2 Å². The predicted molar refractivity (Wildman–Crippen MR) is 123 cm³/mol. The monoisotopic (exact) mass is 517 g/mol. The molecule has 7 heteroatoms. The van der Waals surface area contributed by atoms with Crippen LogP contribution in [0.2, 0.25) is 0 Å². The van der Waals surface area contributed by atoms with Gasteiger partial charge >= 0.3 is 0 Å². The Hall–Kier alpha value is -2.39. The second-order valence-electron chi connectivity index (χ2n) is 7.56. The molecule has 2 atom stereocenters. The van der Waals surface area contributed by atoms with Crippen molar-refractivity contribution in [2.75, 3.05) is 6.54 Å². The van der Waals surface area contributed by atoms with E-state index in [0.29, 0.717) is 12.0 Å². The molecule has 0 bridgehead atoms. The van der Waals surface area contributed by atoms with Gasteiger partial charge in [0.15, 0.2) is 6.10 Å². The van der Waals surface area contributed by atoms with Crippen LogP contribution in [0.15, 0.2) is 48.7 Å². The first kappa shape index (κ1) is 20.9. The van der Waals surface area contributed by atoms with Crippen molar-refractivity contribution >= 4 is 28.5 Å². The maximum absolute atomic E-state index is 12.5. The fourth-order valence-corrected chi connectivity index (χ4v) is 4.28. The van der Waals surface area contributed by atoms with Crippen LogP contribution in [0.3, 0.4) is 0 Å². The zero-order valence-electron chi connectivity index (χ0n) is 16.9. The van der Waals surface area contributed by atoms with Gasteiger partial charge in [0.2, 0.25) is 0 Å². The van der Waals surface area contributed by atoms with Gasteiger partial charge in [0, 0.05) is 33.3 Å². The highest BCUT2D eigenvalue weighted by molar-refractivity contribution is 14.1. The Bertz CT molecular complexity index is 1040. The standard InChI is InChI=1S/C23H24IN3O3/c1-14-3-4-15(2)27(14)22-10-6-17(12-25-22)19(28)13-26-23(29)21-8-5-16-11-18(24)7-9-20(16)30-21/h3-4,6-7,9-12,19,21,28H,5,8,13H2,1-2H3,(H,26,29)/t19-,21-/m1/s1. The normalized spacial score (nSPS) is 16.5. The summed E-state index contributed by atoms with van der Waals surface area (Å²) < 4.78 is 9.06. The first-order valence-electron chi connectivity index (χ1n) is 9.94. The van der Waals surface area contributed by atoms with Crippen molar-refractivity contribution in [1.29, 1.82) is 0 Å². The highest BCUT2D eigenvalue weighted by Crippen LogP contribution is 2.29. The van der Waals surface area contributed by atoms with Crippen LogP contribution in [0.25, 0.3) is 5.82 Å². The Kier molecular flexibility index (Phi) is 6.10. The number of rotatable bonds is 5. The van der Waals surface area contributed by atoms with E-state index in [4.69, 9.17) is 4.74 Å². The Morgan fingerprint density at radius 3 is 2.73 bits per heavy atom. The van der Waals surface area contributed by atoms with Crippen LogP contribution >= 0.6 is 22.6 Å². The van der Waals surface area contributed by atoms with Gasteiger partial charge in [-0.25, -0.2) is 4.98 Å². The number of aliphatic hydroxyl groups is 1. The number of carbonyl (C=O) groups is 1. The van der Waals surface area contributed by atoms with Gasteiger partial charge in [0.25, 0.3) is 5.91 Å². The van der Waals surface area contributed by atoms with Crippen molar-refractivity contribution in [3.63, 3.8) is 0 Å². The lowest BCUT2D eigenvalue weighted by Gasteiger charge is -2.26. The average molecular weight is 517 g/mol. The van der Waals surface area contributed by atoms with E-state index in [1.165, 1.54) is 0 Å². The molecule has 0 saturated carbocycles. The van der Waals surface area contributed by atoms with E-state index in [-0.39, 0.29) is 12.5 Å². The lowest BCUT2D eigenvalue weighted by Crippen LogP contribution is -2.41. The number of fused-ring (bicyclic) bond motifs is 1. The minimum Gasteiger partial charge on any atom is -0.480 e. The molecule has 0 unspecified atom stereocenters. The number of ether oxygens (including phenoxy) is 1. The van der Waals surface area contributed by atoms with E-state index in [1.807, 2.05) is 50.2 Å². The van der Waals surface area contributed by atoms with E-state index in [0.717, 1.165) is 38.5 Å². The second kappa shape index (κ2) is 8.77. The summed E-state index contributed by atoms with van der Waals surface area (Å²) in [6, 6.07) is 13.8. The zero-order valence-corrected chi connectivity index (χ0v) is 19.1.